The van der Waals surface area contributed by atoms with Crippen LogP contribution in [0.3, 0.4) is 0 Å². The number of rotatable bonds is 3. The zero-order valence-corrected chi connectivity index (χ0v) is 11.1. The summed E-state index contributed by atoms with van der Waals surface area (Å²) >= 11 is 0. The van der Waals surface area contributed by atoms with Crippen molar-refractivity contribution >= 4 is 0 Å². The first-order chi connectivity index (χ1) is 8.05. The maximum absolute atomic E-state index is 5.10. The van der Waals surface area contributed by atoms with E-state index < -0.39 is 0 Å². The van der Waals surface area contributed by atoms with Crippen LogP contribution in [0.5, 0.6) is 0 Å². The smallest absolute Gasteiger partial charge is 0.240 e. The minimum Gasteiger partial charge on any atom is -0.338 e. The molecule has 0 spiro atoms. The fourth-order valence-electron chi connectivity index (χ4n) is 2.51. The lowest BCUT2D eigenvalue weighted by molar-refractivity contribution is 0.306. The van der Waals surface area contributed by atoms with Gasteiger partial charge >= 0.3 is 0 Å². The first-order valence-corrected chi connectivity index (χ1v) is 6.58. The van der Waals surface area contributed by atoms with Crippen molar-refractivity contribution in [2.24, 2.45) is 5.41 Å². The van der Waals surface area contributed by atoms with E-state index >= 15 is 0 Å². The van der Waals surface area contributed by atoms with Crippen molar-refractivity contribution in [3.63, 3.8) is 0 Å². The van der Waals surface area contributed by atoms with Gasteiger partial charge in [0.25, 0.3) is 0 Å². The van der Waals surface area contributed by atoms with Gasteiger partial charge in [-0.2, -0.15) is 4.98 Å². The van der Waals surface area contributed by atoms with Crippen LogP contribution in [-0.4, -0.2) is 16.2 Å². The Labute approximate surface area is 103 Å². The summed E-state index contributed by atoms with van der Waals surface area (Å²) < 4.78 is 5.10. The average Bonchev–Trinajstić information content (AvgIpc) is 2.59. The van der Waals surface area contributed by atoms with Crippen molar-refractivity contribution in [2.75, 3.05) is 0 Å². The van der Waals surface area contributed by atoms with Gasteiger partial charge in [0, 0.05) is 6.04 Å². The predicted molar refractivity (Wildman–Crippen MR) is 66.5 cm³/mol. The molecule has 0 amide bonds. The Morgan fingerprint density at radius 3 is 2.88 bits per heavy atom. The summed E-state index contributed by atoms with van der Waals surface area (Å²) in [5, 5.41) is 7.33. The van der Waals surface area contributed by atoms with Crippen LogP contribution in [0.25, 0.3) is 0 Å². The monoisotopic (exact) mass is 237 g/mol. The zero-order chi connectivity index (χ0) is 12.3. The molecule has 1 unspecified atom stereocenters. The van der Waals surface area contributed by atoms with Gasteiger partial charge in [0.2, 0.25) is 5.89 Å². The summed E-state index contributed by atoms with van der Waals surface area (Å²) in [4.78, 5) is 4.21. The number of hydrogen-bond donors (Lipinski definition) is 1. The molecule has 0 radical (unpaired) electrons. The van der Waals surface area contributed by atoms with Gasteiger partial charge < -0.3 is 9.84 Å². The molecule has 1 aliphatic rings. The maximum Gasteiger partial charge on any atom is 0.240 e. The highest BCUT2D eigenvalue weighted by Gasteiger charge is 2.24. The van der Waals surface area contributed by atoms with Crippen molar-refractivity contribution in [3.05, 3.63) is 11.7 Å². The SMILES string of the molecule is Cc1noc(CNC2CCCC(C)(C)CC2)n1. The van der Waals surface area contributed by atoms with Crippen LogP contribution in [0.1, 0.15) is 57.7 Å². The molecular weight excluding hydrogens is 214 g/mol. The molecule has 0 saturated heterocycles. The second kappa shape index (κ2) is 5.17. The normalized spacial score (nSPS) is 24.5. The number of aryl methyl sites for hydroxylation is 1. The van der Waals surface area contributed by atoms with Gasteiger partial charge in [-0.1, -0.05) is 25.4 Å². The first-order valence-electron chi connectivity index (χ1n) is 6.58. The minimum absolute atomic E-state index is 0.511. The third-order valence-electron chi connectivity index (χ3n) is 3.69. The molecule has 1 saturated carbocycles. The largest absolute Gasteiger partial charge is 0.338 e. The summed E-state index contributed by atoms with van der Waals surface area (Å²) in [6.45, 7) is 7.29. The molecular formula is C13H23N3O. The Kier molecular flexibility index (Phi) is 3.82. The van der Waals surface area contributed by atoms with Gasteiger partial charge in [-0.25, -0.2) is 0 Å². The molecule has 17 heavy (non-hydrogen) atoms. The van der Waals surface area contributed by atoms with Crippen LogP contribution < -0.4 is 5.32 Å². The van der Waals surface area contributed by atoms with E-state index in [1.165, 1.54) is 32.1 Å². The molecule has 1 aromatic heterocycles. The highest BCUT2D eigenvalue weighted by Crippen LogP contribution is 2.33. The maximum atomic E-state index is 5.10. The molecule has 96 valence electrons. The van der Waals surface area contributed by atoms with Gasteiger partial charge in [-0.3, -0.25) is 0 Å². The Bertz CT molecular complexity index is 359. The van der Waals surface area contributed by atoms with E-state index in [9.17, 15) is 0 Å². The Balaban J connectivity index is 1.79. The van der Waals surface area contributed by atoms with Gasteiger partial charge in [-0.05, 0) is 38.0 Å². The molecule has 2 rings (SSSR count). The molecule has 0 aliphatic heterocycles. The first kappa shape index (κ1) is 12.6. The standard InChI is InChI=1S/C13H23N3O/c1-10-15-12(17-16-10)9-14-11-5-4-7-13(2,3)8-6-11/h11,14H,4-9H2,1-3H3. The molecule has 4 heteroatoms. The lowest BCUT2D eigenvalue weighted by atomic mass is 9.85. The van der Waals surface area contributed by atoms with Crippen molar-refractivity contribution in [3.8, 4) is 0 Å². The summed E-state index contributed by atoms with van der Waals surface area (Å²) in [5.41, 5.74) is 0.511. The van der Waals surface area contributed by atoms with Crippen molar-refractivity contribution < 1.29 is 4.52 Å². The van der Waals surface area contributed by atoms with E-state index in [2.05, 4.69) is 29.3 Å². The third kappa shape index (κ3) is 3.80. The van der Waals surface area contributed by atoms with Gasteiger partial charge in [0.05, 0.1) is 6.54 Å². The number of aromatic nitrogens is 2. The topological polar surface area (TPSA) is 51.0 Å². The van der Waals surface area contributed by atoms with E-state index in [-0.39, 0.29) is 0 Å². The van der Waals surface area contributed by atoms with E-state index in [1.54, 1.807) is 0 Å². The van der Waals surface area contributed by atoms with Gasteiger partial charge in [-0.15, -0.1) is 0 Å². The minimum atomic E-state index is 0.511. The van der Waals surface area contributed by atoms with Gasteiger partial charge in [0.15, 0.2) is 5.82 Å². The van der Waals surface area contributed by atoms with Crippen LogP contribution in [0.2, 0.25) is 0 Å². The quantitative estimate of drug-likeness (QED) is 0.821. The number of nitrogens with zero attached hydrogens (tertiary/aromatic N) is 2. The highest BCUT2D eigenvalue weighted by atomic mass is 16.5. The van der Waals surface area contributed by atoms with Gasteiger partial charge in [0.1, 0.15) is 0 Å². The van der Waals surface area contributed by atoms with Crippen LogP contribution in [0.4, 0.5) is 0 Å². The summed E-state index contributed by atoms with van der Waals surface area (Å²) in [7, 11) is 0. The summed E-state index contributed by atoms with van der Waals surface area (Å²) in [5.74, 6) is 1.41. The van der Waals surface area contributed by atoms with Crippen LogP contribution in [0.15, 0.2) is 4.52 Å². The predicted octanol–water partition coefficient (Wildman–Crippen LogP) is 2.83. The zero-order valence-electron chi connectivity index (χ0n) is 11.1. The molecule has 0 bridgehead atoms. The van der Waals surface area contributed by atoms with Crippen molar-refractivity contribution in [1.82, 2.24) is 15.5 Å². The fourth-order valence-corrected chi connectivity index (χ4v) is 2.51. The molecule has 1 heterocycles. The van der Waals surface area contributed by atoms with E-state index in [1.807, 2.05) is 6.92 Å². The molecule has 1 N–H and O–H groups in total. The van der Waals surface area contributed by atoms with Crippen LogP contribution in [-0.2, 0) is 6.54 Å². The second-order valence-electron chi connectivity index (χ2n) is 5.91. The van der Waals surface area contributed by atoms with Crippen molar-refractivity contribution in [2.45, 2.75) is 65.5 Å². The molecule has 4 nitrogen and oxygen atoms in total. The van der Waals surface area contributed by atoms with Crippen molar-refractivity contribution in [1.29, 1.82) is 0 Å². The average molecular weight is 237 g/mol. The van der Waals surface area contributed by atoms with E-state index in [0.29, 0.717) is 29.7 Å². The van der Waals surface area contributed by atoms with Crippen LogP contribution in [0, 0.1) is 12.3 Å². The number of hydrogen-bond acceptors (Lipinski definition) is 4. The van der Waals surface area contributed by atoms with Crippen LogP contribution >= 0.6 is 0 Å². The molecule has 1 fully saturated rings. The van der Waals surface area contributed by atoms with E-state index in [4.69, 9.17) is 4.52 Å². The molecule has 0 aromatic carbocycles. The summed E-state index contributed by atoms with van der Waals surface area (Å²) in [6, 6.07) is 0.601. The number of nitrogens with one attached hydrogen (secondary N) is 1. The Hall–Kier alpha value is -0.900. The fraction of sp³-hybridized carbons (Fsp3) is 0.846. The lowest BCUT2D eigenvalue weighted by Crippen LogP contribution is -2.28. The van der Waals surface area contributed by atoms with E-state index in [0.717, 1.165) is 0 Å². The molecule has 1 atom stereocenters. The highest BCUT2D eigenvalue weighted by molar-refractivity contribution is 4.85. The summed E-state index contributed by atoms with van der Waals surface area (Å²) in [6.07, 6.45) is 6.46. The lowest BCUT2D eigenvalue weighted by Gasteiger charge is -2.22. The molecule has 1 aliphatic carbocycles. The Morgan fingerprint density at radius 1 is 1.35 bits per heavy atom. The Morgan fingerprint density at radius 2 is 2.18 bits per heavy atom. The molecule has 1 aromatic rings. The third-order valence-corrected chi connectivity index (χ3v) is 3.69. The second-order valence-corrected chi connectivity index (χ2v) is 5.91.